The summed E-state index contributed by atoms with van der Waals surface area (Å²) in [7, 11) is 0. The molecular weight excluding hydrogens is 376 g/mol. The maximum atomic E-state index is 12.7. The number of amides is 2. The number of anilines is 1. The molecule has 0 unspecified atom stereocenters. The molecule has 1 fully saturated rings. The van der Waals surface area contributed by atoms with Crippen LogP contribution in [0.2, 0.25) is 0 Å². The molecule has 0 aliphatic carbocycles. The van der Waals surface area contributed by atoms with Crippen molar-refractivity contribution in [1.82, 2.24) is 4.90 Å². The van der Waals surface area contributed by atoms with Crippen LogP contribution in [-0.2, 0) is 9.59 Å². The van der Waals surface area contributed by atoms with E-state index in [4.69, 9.17) is 4.74 Å². The Bertz CT molecular complexity index is 1010. The van der Waals surface area contributed by atoms with Gasteiger partial charge in [-0.1, -0.05) is 48.5 Å². The summed E-state index contributed by atoms with van der Waals surface area (Å²) >= 11 is 0. The second-order valence-corrected chi connectivity index (χ2v) is 7.62. The minimum Gasteiger partial charge on any atom is -0.493 e. The third-order valence-corrected chi connectivity index (χ3v) is 5.56. The SMILES string of the molecule is O=C(Nc1ccc2ccccc2c1)C1CCN(C(=O)CCOc2ccccc2)CC1. The predicted molar refractivity (Wildman–Crippen MR) is 118 cm³/mol. The molecule has 3 aromatic rings. The zero-order valence-corrected chi connectivity index (χ0v) is 16.9. The lowest BCUT2D eigenvalue weighted by atomic mass is 9.95. The molecule has 5 nitrogen and oxygen atoms in total. The number of para-hydroxylation sites is 1. The minimum absolute atomic E-state index is 0.0322. The second kappa shape index (κ2) is 9.44. The van der Waals surface area contributed by atoms with E-state index in [0.717, 1.165) is 22.2 Å². The van der Waals surface area contributed by atoms with Crippen molar-refractivity contribution in [3.8, 4) is 5.75 Å². The molecule has 1 heterocycles. The molecule has 2 amide bonds. The van der Waals surface area contributed by atoms with Gasteiger partial charge < -0.3 is 15.0 Å². The van der Waals surface area contributed by atoms with E-state index in [9.17, 15) is 9.59 Å². The van der Waals surface area contributed by atoms with Gasteiger partial charge in [0.1, 0.15) is 5.75 Å². The topological polar surface area (TPSA) is 58.6 Å². The molecule has 3 aromatic carbocycles. The highest BCUT2D eigenvalue weighted by Gasteiger charge is 2.27. The molecule has 30 heavy (non-hydrogen) atoms. The van der Waals surface area contributed by atoms with Crippen LogP contribution in [0, 0.1) is 5.92 Å². The van der Waals surface area contributed by atoms with Gasteiger partial charge in [0.15, 0.2) is 0 Å². The summed E-state index contributed by atoms with van der Waals surface area (Å²) in [6, 6.07) is 23.5. The number of benzene rings is 3. The zero-order chi connectivity index (χ0) is 20.8. The van der Waals surface area contributed by atoms with Crippen LogP contribution in [0.1, 0.15) is 19.3 Å². The Morgan fingerprint density at radius 1 is 0.900 bits per heavy atom. The maximum absolute atomic E-state index is 12.7. The highest BCUT2D eigenvalue weighted by Crippen LogP contribution is 2.23. The van der Waals surface area contributed by atoms with Crippen molar-refractivity contribution in [2.45, 2.75) is 19.3 Å². The number of hydrogen-bond donors (Lipinski definition) is 1. The van der Waals surface area contributed by atoms with Crippen LogP contribution in [0.4, 0.5) is 5.69 Å². The van der Waals surface area contributed by atoms with Gasteiger partial charge >= 0.3 is 0 Å². The molecule has 0 bridgehead atoms. The molecule has 0 saturated carbocycles. The molecular formula is C25H26N2O3. The van der Waals surface area contributed by atoms with Gasteiger partial charge in [0.05, 0.1) is 13.0 Å². The molecule has 1 aliphatic rings. The molecule has 0 radical (unpaired) electrons. The molecule has 0 aromatic heterocycles. The molecule has 0 atom stereocenters. The number of carbonyl (C=O) groups is 2. The fourth-order valence-corrected chi connectivity index (χ4v) is 3.83. The average Bonchev–Trinajstić information content (AvgIpc) is 2.80. The van der Waals surface area contributed by atoms with Crippen molar-refractivity contribution in [2.75, 3.05) is 25.0 Å². The normalized spacial score (nSPS) is 14.5. The lowest BCUT2D eigenvalue weighted by Crippen LogP contribution is -2.41. The second-order valence-electron chi connectivity index (χ2n) is 7.62. The van der Waals surface area contributed by atoms with E-state index < -0.39 is 0 Å². The monoisotopic (exact) mass is 402 g/mol. The van der Waals surface area contributed by atoms with Gasteiger partial charge in [0, 0.05) is 24.7 Å². The third-order valence-electron chi connectivity index (χ3n) is 5.56. The number of likely N-dealkylation sites (tertiary alicyclic amines) is 1. The number of piperidine rings is 1. The summed E-state index contributed by atoms with van der Waals surface area (Å²) in [6.07, 6.45) is 1.72. The van der Waals surface area contributed by atoms with Crippen LogP contribution in [-0.4, -0.2) is 36.4 Å². The Morgan fingerprint density at radius 3 is 2.37 bits per heavy atom. The van der Waals surface area contributed by atoms with E-state index in [1.165, 1.54) is 0 Å². The molecule has 4 rings (SSSR count). The smallest absolute Gasteiger partial charge is 0.227 e. The largest absolute Gasteiger partial charge is 0.493 e. The summed E-state index contributed by atoms with van der Waals surface area (Å²) in [6.45, 7) is 1.59. The Hall–Kier alpha value is -3.34. The highest BCUT2D eigenvalue weighted by molar-refractivity contribution is 5.95. The number of nitrogens with zero attached hydrogens (tertiary/aromatic N) is 1. The Labute approximate surface area is 176 Å². The van der Waals surface area contributed by atoms with Crippen LogP contribution in [0.5, 0.6) is 5.75 Å². The Balaban J connectivity index is 1.23. The maximum Gasteiger partial charge on any atom is 0.227 e. The van der Waals surface area contributed by atoms with Crippen molar-refractivity contribution >= 4 is 28.3 Å². The van der Waals surface area contributed by atoms with Crippen LogP contribution in [0.15, 0.2) is 72.8 Å². The van der Waals surface area contributed by atoms with E-state index in [0.29, 0.717) is 39.0 Å². The van der Waals surface area contributed by atoms with Gasteiger partial charge in [-0.2, -0.15) is 0 Å². The van der Waals surface area contributed by atoms with Gasteiger partial charge in [0.25, 0.3) is 0 Å². The van der Waals surface area contributed by atoms with Crippen molar-refractivity contribution < 1.29 is 14.3 Å². The van der Waals surface area contributed by atoms with Gasteiger partial charge in [-0.05, 0) is 47.9 Å². The number of fused-ring (bicyclic) bond motifs is 1. The van der Waals surface area contributed by atoms with Crippen LogP contribution >= 0.6 is 0 Å². The fraction of sp³-hybridized carbons (Fsp3) is 0.280. The molecule has 5 heteroatoms. The van der Waals surface area contributed by atoms with Crippen molar-refractivity contribution in [2.24, 2.45) is 5.92 Å². The first-order valence-corrected chi connectivity index (χ1v) is 10.4. The standard InChI is InChI=1S/C25H26N2O3/c28-24(14-17-30-23-8-2-1-3-9-23)27-15-12-20(13-16-27)25(29)26-22-11-10-19-6-4-5-7-21(19)18-22/h1-11,18,20H,12-17H2,(H,26,29). The van der Waals surface area contributed by atoms with Crippen LogP contribution < -0.4 is 10.1 Å². The minimum atomic E-state index is -0.0684. The number of hydrogen-bond acceptors (Lipinski definition) is 3. The van der Waals surface area contributed by atoms with Gasteiger partial charge in [-0.15, -0.1) is 0 Å². The van der Waals surface area contributed by atoms with E-state index >= 15 is 0 Å². The summed E-state index contributed by atoms with van der Waals surface area (Å²) in [5, 5.41) is 5.29. The molecule has 1 N–H and O–H groups in total. The van der Waals surface area contributed by atoms with E-state index in [2.05, 4.69) is 11.4 Å². The summed E-state index contributed by atoms with van der Waals surface area (Å²) < 4.78 is 5.61. The highest BCUT2D eigenvalue weighted by atomic mass is 16.5. The van der Waals surface area contributed by atoms with Crippen LogP contribution in [0.25, 0.3) is 10.8 Å². The zero-order valence-electron chi connectivity index (χ0n) is 16.9. The third kappa shape index (κ3) is 4.98. The lowest BCUT2D eigenvalue weighted by Gasteiger charge is -2.31. The van der Waals surface area contributed by atoms with E-state index in [1.54, 1.807) is 0 Å². The number of ether oxygens (including phenoxy) is 1. The number of nitrogens with one attached hydrogen (secondary N) is 1. The Morgan fingerprint density at radius 2 is 1.60 bits per heavy atom. The first-order valence-electron chi connectivity index (χ1n) is 10.4. The van der Waals surface area contributed by atoms with Crippen molar-refractivity contribution in [3.63, 3.8) is 0 Å². The average molecular weight is 402 g/mol. The van der Waals surface area contributed by atoms with Crippen molar-refractivity contribution in [3.05, 3.63) is 72.8 Å². The van der Waals surface area contributed by atoms with Gasteiger partial charge in [-0.25, -0.2) is 0 Å². The number of carbonyl (C=O) groups excluding carboxylic acids is 2. The predicted octanol–water partition coefficient (Wildman–Crippen LogP) is 4.49. The quantitative estimate of drug-likeness (QED) is 0.661. The molecule has 0 spiro atoms. The number of rotatable bonds is 6. The van der Waals surface area contributed by atoms with Gasteiger partial charge in [0.2, 0.25) is 11.8 Å². The Kier molecular flexibility index (Phi) is 6.28. The summed E-state index contributed by atoms with van der Waals surface area (Å²) in [5.74, 6) is 0.819. The molecule has 1 aliphatic heterocycles. The first-order chi connectivity index (χ1) is 14.7. The van der Waals surface area contributed by atoms with Gasteiger partial charge in [-0.3, -0.25) is 9.59 Å². The lowest BCUT2D eigenvalue weighted by molar-refractivity contribution is -0.135. The summed E-state index contributed by atoms with van der Waals surface area (Å²) in [5.41, 5.74) is 0.815. The molecule has 154 valence electrons. The fourth-order valence-electron chi connectivity index (χ4n) is 3.83. The van der Waals surface area contributed by atoms with Crippen molar-refractivity contribution in [1.29, 1.82) is 0 Å². The summed E-state index contributed by atoms with van der Waals surface area (Å²) in [4.78, 5) is 26.9. The molecule has 1 saturated heterocycles. The van der Waals surface area contributed by atoms with E-state index in [-0.39, 0.29) is 17.7 Å². The van der Waals surface area contributed by atoms with E-state index in [1.807, 2.05) is 71.6 Å². The first kappa shape index (κ1) is 20.0. The van der Waals surface area contributed by atoms with Crippen LogP contribution in [0.3, 0.4) is 0 Å².